The number of hydrogen-bond donors (Lipinski definition) is 1. The highest BCUT2D eigenvalue weighted by atomic mass is 79.9. The van der Waals surface area contributed by atoms with Crippen LogP contribution in [0.15, 0.2) is 77.9 Å². The summed E-state index contributed by atoms with van der Waals surface area (Å²) in [7, 11) is 0. The molecule has 0 aliphatic heterocycles. The van der Waals surface area contributed by atoms with Crippen molar-refractivity contribution in [3.8, 4) is 11.1 Å². The van der Waals surface area contributed by atoms with Gasteiger partial charge in [-0.1, -0.05) is 53.4 Å². The highest BCUT2D eigenvalue weighted by Crippen LogP contribution is 2.24. The third-order valence-corrected chi connectivity index (χ3v) is 3.09. The normalized spacial score (nSPS) is 9.83. The second kappa shape index (κ2) is 5.69. The van der Waals surface area contributed by atoms with Crippen LogP contribution >= 0.6 is 15.9 Å². The Morgan fingerprint density at radius 2 is 1.78 bits per heavy atom. The molecular weight excluding hydrogens is 286 g/mol. The molecule has 0 aliphatic carbocycles. The van der Waals surface area contributed by atoms with Gasteiger partial charge in [0.15, 0.2) is 0 Å². The van der Waals surface area contributed by atoms with Crippen molar-refractivity contribution in [2.45, 2.75) is 0 Å². The van der Waals surface area contributed by atoms with Crippen molar-refractivity contribution in [3.05, 3.63) is 77.9 Å². The molecule has 0 aromatic heterocycles. The number of allylic oxidation sites excluding steroid dienone is 1. The van der Waals surface area contributed by atoms with Crippen molar-refractivity contribution in [1.82, 2.24) is 0 Å². The van der Waals surface area contributed by atoms with Crippen molar-refractivity contribution < 1.29 is 0 Å². The predicted octanol–water partition coefficient (Wildman–Crippen LogP) is 5.23. The zero-order valence-electron chi connectivity index (χ0n) is 9.99. The fourth-order valence-electron chi connectivity index (χ4n) is 1.65. The Balaban J connectivity index is 2.22. The molecule has 0 aliphatic rings. The minimum Gasteiger partial charge on any atom is -0.356 e. The van der Waals surface area contributed by atoms with Crippen LogP contribution in [-0.2, 0) is 0 Å². The first-order valence-corrected chi connectivity index (χ1v) is 6.43. The van der Waals surface area contributed by atoms with E-state index < -0.39 is 0 Å². The van der Waals surface area contributed by atoms with E-state index in [4.69, 9.17) is 0 Å². The smallest absolute Gasteiger partial charge is 0.0384 e. The lowest BCUT2D eigenvalue weighted by Crippen LogP contribution is -1.93. The van der Waals surface area contributed by atoms with Crippen molar-refractivity contribution >= 4 is 21.6 Å². The Labute approximate surface area is 116 Å². The van der Waals surface area contributed by atoms with Crippen LogP contribution in [0.3, 0.4) is 0 Å². The van der Waals surface area contributed by atoms with Crippen LogP contribution in [0.25, 0.3) is 11.1 Å². The summed E-state index contributed by atoms with van der Waals surface area (Å²) in [6.07, 6.45) is 1.70. The number of benzene rings is 2. The molecule has 0 amide bonds. The van der Waals surface area contributed by atoms with Gasteiger partial charge in [0, 0.05) is 15.9 Å². The van der Waals surface area contributed by atoms with Gasteiger partial charge in [-0.3, -0.25) is 0 Å². The van der Waals surface area contributed by atoms with E-state index in [1.165, 1.54) is 11.1 Å². The molecule has 0 radical (unpaired) electrons. The molecule has 0 unspecified atom stereocenters. The molecule has 0 bridgehead atoms. The monoisotopic (exact) mass is 299 g/mol. The molecule has 2 heteroatoms. The second-order valence-corrected chi connectivity index (χ2v) is 4.86. The quantitative estimate of drug-likeness (QED) is 0.763. The van der Waals surface area contributed by atoms with Gasteiger partial charge in [-0.2, -0.15) is 0 Å². The van der Waals surface area contributed by atoms with Crippen molar-refractivity contribution in [1.29, 1.82) is 0 Å². The molecule has 0 heterocycles. The van der Waals surface area contributed by atoms with Crippen LogP contribution in [0.2, 0.25) is 0 Å². The molecule has 0 saturated heterocycles. The molecule has 0 fully saturated rings. The summed E-state index contributed by atoms with van der Waals surface area (Å²) >= 11 is 3.48. The molecule has 0 spiro atoms. The number of halogens is 1. The summed E-state index contributed by atoms with van der Waals surface area (Å²) in [6.45, 7) is 7.49. The molecular formula is C16H14BrN. The summed E-state index contributed by atoms with van der Waals surface area (Å²) in [5.41, 5.74) is 4.19. The predicted molar refractivity (Wildman–Crippen MR) is 82.5 cm³/mol. The van der Waals surface area contributed by atoms with E-state index in [1.54, 1.807) is 6.08 Å². The highest BCUT2D eigenvalue weighted by Gasteiger charge is 1.99. The van der Waals surface area contributed by atoms with Gasteiger partial charge in [0.05, 0.1) is 0 Å². The molecule has 1 N–H and O–H groups in total. The van der Waals surface area contributed by atoms with Gasteiger partial charge in [0.1, 0.15) is 0 Å². The minimum absolute atomic E-state index is 0.796. The maximum atomic E-state index is 3.83. The lowest BCUT2D eigenvalue weighted by molar-refractivity contribution is 1.49. The topological polar surface area (TPSA) is 12.0 Å². The minimum atomic E-state index is 0.796. The van der Waals surface area contributed by atoms with Gasteiger partial charge < -0.3 is 5.32 Å². The van der Waals surface area contributed by atoms with Crippen LogP contribution in [0.5, 0.6) is 0 Å². The summed E-state index contributed by atoms with van der Waals surface area (Å²) in [6, 6.07) is 16.5. The van der Waals surface area contributed by atoms with Crippen LogP contribution < -0.4 is 5.32 Å². The van der Waals surface area contributed by atoms with Crippen LogP contribution in [0.4, 0.5) is 5.69 Å². The molecule has 2 aromatic rings. The number of rotatable bonds is 4. The van der Waals surface area contributed by atoms with Crippen molar-refractivity contribution in [3.63, 3.8) is 0 Å². The standard InChI is InChI=1S/C16H14BrN/c1-3-12(2)18-16-9-7-13(8-10-16)14-5-4-6-15(17)11-14/h3-11,18H,1-2H2. The third kappa shape index (κ3) is 3.11. The largest absolute Gasteiger partial charge is 0.356 e. The van der Waals surface area contributed by atoms with Crippen molar-refractivity contribution in [2.75, 3.05) is 5.32 Å². The molecule has 18 heavy (non-hydrogen) atoms. The molecule has 0 saturated carbocycles. The third-order valence-electron chi connectivity index (χ3n) is 2.59. The SMILES string of the molecule is C=CC(=C)Nc1ccc(-c2cccc(Br)c2)cc1. The van der Waals surface area contributed by atoms with E-state index in [9.17, 15) is 0 Å². The first-order valence-electron chi connectivity index (χ1n) is 5.63. The van der Waals surface area contributed by atoms with Crippen LogP contribution in [0, 0.1) is 0 Å². The second-order valence-electron chi connectivity index (χ2n) is 3.94. The maximum absolute atomic E-state index is 3.83. The lowest BCUT2D eigenvalue weighted by Gasteiger charge is -2.07. The Hall–Kier alpha value is -1.80. The number of hydrogen-bond acceptors (Lipinski definition) is 1. The summed E-state index contributed by atoms with van der Waals surface area (Å²) in [4.78, 5) is 0. The summed E-state index contributed by atoms with van der Waals surface area (Å²) in [5, 5.41) is 3.16. The maximum Gasteiger partial charge on any atom is 0.0384 e. The Morgan fingerprint density at radius 3 is 2.39 bits per heavy atom. The first kappa shape index (κ1) is 12.7. The lowest BCUT2D eigenvalue weighted by atomic mass is 10.1. The number of anilines is 1. The average Bonchev–Trinajstić information content (AvgIpc) is 2.39. The fraction of sp³-hybridized carbons (Fsp3) is 0. The van der Waals surface area contributed by atoms with E-state index in [-0.39, 0.29) is 0 Å². The van der Waals surface area contributed by atoms with Crippen molar-refractivity contribution in [2.24, 2.45) is 0 Å². The Morgan fingerprint density at radius 1 is 1.06 bits per heavy atom. The zero-order chi connectivity index (χ0) is 13.0. The molecule has 2 aromatic carbocycles. The van der Waals surface area contributed by atoms with Gasteiger partial charge in [-0.15, -0.1) is 0 Å². The van der Waals surface area contributed by atoms with E-state index in [0.717, 1.165) is 15.9 Å². The van der Waals surface area contributed by atoms with Crippen LogP contribution in [0.1, 0.15) is 0 Å². The zero-order valence-corrected chi connectivity index (χ0v) is 11.6. The van der Waals surface area contributed by atoms with E-state index in [2.05, 4.69) is 58.7 Å². The molecule has 0 atom stereocenters. The van der Waals surface area contributed by atoms with Gasteiger partial charge in [0.25, 0.3) is 0 Å². The summed E-state index contributed by atoms with van der Waals surface area (Å²) < 4.78 is 1.09. The fourth-order valence-corrected chi connectivity index (χ4v) is 2.05. The van der Waals surface area contributed by atoms with Gasteiger partial charge in [-0.05, 0) is 41.5 Å². The van der Waals surface area contributed by atoms with E-state index >= 15 is 0 Å². The molecule has 2 rings (SSSR count). The number of nitrogens with one attached hydrogen (secondary N) is 1. The average molecular weight is 300 g/mol. The molecule has 90 valence electrons. The Kier molecular flexibility index (Phi) is 4.00. The van der Waals surface area contributed by atoms with Gasteiger partial charge in [0.2, 0.25) is 0 Å². The molecule has 1 nitrogen and oxygen atoms in total. The van der Waals surface area contributed by atoms with E-state index in [1.807, 2.05) is 24.3 Å². The van der Waals surface area contributed by atoms with Crippen LogP contribution in [-0.4, -0.2) is 0 Å². The summed E-state index contributed by atoms with van der Waals surface area (Å²) in [5.74, 6) is 0. The highest BCUT2D eigenvalue weighted by molar-refractivity contribution is 9.10. The van der Waals surface area contributed by atoms with Gasteiger partial charge in [-0.25, -0.2) is 0 Å². The Bertz CT molecular complexity index is 570. The van der Waals surface area contributed by atoms with E-state index in [0.29, 0.717) is 0 Å². The van der Waals surface area contributed by atoms with Gasteiger partial charge >= 0.3 is 0 Å². The first-order chi connectivity index (χ1) is 8.69.